The van der Waals surface area contributed by atoms with Crippen molar-refractivity contribution >= 4 is 41.1 Å². The highest BCUT2D eigenvalue weighted by molar-refractivity contribution is 8.06. The lowest BCUT2D eigenvalue weighted by Gasteiger charge is -2.28. The minimum absolute atomic E-state index is 0.689. The molecule has 1 aromatic rings. The number of carbonyl (C=O) groups is 1. The summed E-state index contributed by atoms with van der Waals surface area (Å²) in [6.07, 6.45) is -3.82. The van der Waals surface area contributed by atoms with Crippen LogP contribution in [0, 0.1) is 24.7 Å². The third-order valence-corrected chi connectivity index (χ3v) is 8.66. The number of aromatic nitrogens is 2. The van der Waals surface area contributed by atoms with Gasteiger partial charge in [-0.3, -0.25) is 0 Å². The van der Waals surface area contributed by atoms with Crippen LogP contribution in [0.3, 0.4) is 0 Å². The van der Waals surface area contributed by atoms with Crippen LogP contribution < -0.4 is 10.2 Å². The number of halogens is 3. The Hall–Kier alpha value is -1.40. The third kappa shape index (κ3) is 7.05. The zero-order valence-electron chi connectivity index (χ0n) is 18.1. The van der Waals surface area contributed by atoms with Crippen molar-refractivity contribution < 1.29 is 27.8 Å². The van der Waals surface area contributed by atoms with Crippen molar-refractivity contribution in [2.45, 2.75) is 24.8 Å². The molecule has 2 aliphatic heterocycles. The Labute approximate surface area is 194 Å². The summed E-state index contributed by atoms with van der Waals surface area (Å²) in [6, 6.07) is 2.14. The Balaban J connectivity index is 0.000000360. The Morgan fingerprint density at radius 3 is 2.72 bits per heavy atom. The van der Waals surface area contributed by atoms with E-state index < -0.39 is 12.1 Å². The Bertz CT molecular complexity index is 781. The predicted molar refractivity (Wildman–Crippen MR) is 122 cm³/mol. The monoisotopic (exact) mass is 494 g/mol. The lowest BCUT2D eigenvalue weighted by molar-refractivity contribution is -0.192. The molecule has 12 heteroatoms. The molecule has 7 nitrogen and oxygen atoms in total. The van der Waals surface area contributed by atoms with Crippen molar-refractivity contribution in [3.05, 3.63) is 11.9 Å². The molecular weight excluding hydrogens is 465 g/mol. The molecule has 0 radical (unpaired) electrons. The molecule has 4 rings (SSSR count). The molecule has 2 N–H and O–H groups in total. The van der Waals surface area contributed by atoms with E-state index in [2.05, 4.69) is 44.8 Å². The van der Waals surface area contributed by atoms with Crippen LogP contribution in [0.15, 0.2) is 6.07 Å². The number of hydrogen-bond acceptors (Lipinski definition) is 8. The van der Waals surface area contributed by atoms with Crippen molar-refractivity contribution in [1.82, 2.24) is 9.97 Å². The molecule has 0 aromatic carbocycles. The molecule has 2 saturated heterocycles. The van der Waals surface area contributed by atoms with Gasteiger partial charge in [0.2, 0.25) is 0 Å². The molecule has 180 valence electrons. The molecular formula is C20H29F3N4O3S2. The number of thioether (sulfide) groups is 2. The van der Waals surface area contributed by atoms with E-state index in [1.54, 1.807) is 0 Å². The fraction of sp³-hybridized carbons (Fsp3) is 0.750. The number of carboxylic acids is 1. The van der Waals surface area contributed by atoms with E-state index in [-0.39, 0.29) is 0 Å². The first kappa shape index (κ1) is 25.2. The minimum Gasteiger partial charge on any atom is -0.475 e. The van der Waals surface area contributed by atoms with Gasteiger partial charge in [-0.25, -0.2) is 14.8 Å². The van der Waals surface area contributed by atoms with Gasteiger partial charge in [-0.05, 0) is 31.1 Å². The zero-order valence-corrected chi connectivity index (χ0v) is 19.7. The molecule has 1 saturated carbocycles. The predicted octanol–water partition coefficient (Wildman–Crippen LogP) is 3.40. The van der Waals surface area contributed by atoms with Crippen LogP contribution in [-0.4, -0.2) is 83.1 Å². The number of piperidine rings is 1. The molecule has 3 heterocycles. The van der Waals surface area contributed by atoms with Gasteiger partial charge in [0, 0.05) is 61.9 Å². The van der Waals surface area contributed by atoms with Crippen molar-refractivity contribution in [2.24, 2.45) is 17.8 Å². The molecule has 3 aliphatic rings. The van der Waals surface area contributed by atoms with Gasteiger partial charge in [0.05, 0.1) is 0 Å². The van der Waals surface area contributed by atoms with Crippen LogP contribution in [0.5, 0.6) is 0 Å². The first-order valence-corrected chi connectivity index (χ1v) is 12.7. The Kier molecular flexibility index (Phi) is 8.79. The number of carboxylic acid groups (broad SMARTS) is 1. The lowest BCUT2D eigenvalue weighted by Crippen LogP contribution is -2.32. The number of fused-ring (bicyclic) bond motifs is 1. The number of anilines is 2. The van der Waals surface area contributed by atoms with Crippen molar-refractivity contribution in [1.29, 1.82) is 0 Å². The van der Waals surface area contributed by atoms with Gasteiger partial charge in [-0.2, -0.15) is 36.7 Å². The highest BCUT2D eigenvalue weighted by Crippen LogP contribution is 2.52. The topological polar surface area (TPSA) is 87.6 Å². The van der Waals surface area contributed by atoms with E-state index in [0.29, 0.717) is 5.25 Å². The molecule has 32 heavy (non-hydrogen) atoms. The lowest BCUT2D eigenvalue weighted by atomic mass is 10.1. The third-order valence-electron chi connectivity index (χ3n) is 5.82. The number of aryl methyl sites for hydroxylation is 1. The van der Waals surface area contributed by atoms with Crippen molar-refractivity contribution in [3.8, 4) is 0 Å². The summed E-state index contributed by atoms with van der Waals surface area (Å²) in [5, 5.41) is 11.4. The number of ether oxygens (including phenoxy) is 1. The summed E-state index contributed by atoms with van der Waals surface area (Å²) in [5.74, 6) is 6.38. The molecule has 3 fully saturated rings. The summed E-state index contributed by atoms with van der Waals surface area (Å²) in [6.45, 7) is 6.12. The van der Waals surface area contributed by atoms with Crippen molar-refractivity contribution in [3.63, 3.8) is 0 Å². The van der Waals surface area contributed by atoms with Crippen LogP contribution in [-0.2, 0) is 9.53 Å². The Morgan fingerprint density at radius 1 is 1.34 bits per heavy atom. The summed E-state index contributed by atoms with van der Waals surface area (Å²) in [4.78, 5) is 20.7. The number of nitrogens with one attached hydrogen (secondary N) is 1. The summed E-state index contributed by atoms with van der Waals surface area (Å²) in [7, 11) is 1.82. The number of hydrogen-bond donors (Lipinski definition) is 2. The maximum absolute atomic E-state index is 10.6. The van der Waals surface area contributed by atoms with E-state index in [0.717, 1.165) is 61.5 Å². The van der Waals surface area contributed by atoms with Crippen LogP contribution in [0.4, 0.5) is 24.8 Å². The smallest absolute Gasteiger partial charge is 0.475 e. The van der Waals surface area contributed by atoms with Gasteiger partial charge in [-0.1, -0.05) is 0 Å². The number of aliphatic carboxylic acids is 1. The SMILES string of the molecule is COC[C@@H]1[C@H]2CCN(c3cc(NCC4CSCCS4)nc(C)n3)C[C@H]21.O=C(O)C(F)(F)F. The molecule has 1 unspecified atom stereocenters. The molecule has 1 aliphatic carbocycles. The number of alkyl halides is 3. The molecule has 0 amide bonds. The van der Waals surface area contributed by atoms with E-state index in [1.807, 2.05) is 14.0 Å². The standard InChI is InChI=1S/C18H28N4OS2.C2HF3O2/c1-12-20-17(19-8-13-11-24-5-6-25-13)7-18(21-12)22-4-3-14-15(9-22)16(14)10-23-2;3-2(4,5)1(6)7/h7,13-16H,3-6,8-11H2,1-2H3,(H,19,20,21);(H,6,7)/t13?,14-,15+,16+;/m0./s1. The summed E-state index contributed by atoms with van der Waals surface area (Å²) < 4.78 is 37.1. The number of nitrogens with zero attached hydrogens (tertiary/aromatic N) is 3. The second-order valence-corrected chi connectivity index (χ2v) is 10.6. The van der Waals surface area contributed by atoms with Gasteiger partial charge < -0.3 is 20.1 Å². The molecule has 4 atom stereocenters. The van der Waals surface area contributed by atoms with Crippen LogP contribution in [0.1, 0.15) is 12.2 Å². The second-order valence-electron chi connectivity index (χ2n) is 8.09. The molecule has 0 spiro atoms. The first-order valence-electron chi connectivity index (χ1n) is 10.5. The van der Waals surface area contributed by atoms with E-state index in [4.69, 9.17) is 19.6 Å². The molecule has 1 aromatic heterocycles. The second kappa shape index (κ2) is 11.1. The van der Waals surface area contributed by atoms with Crippen LogP contribution in [0.25, 0.3) is 0 Å². The average molecular weight is 495 g/mol. The van der Waals surface area contributed by atoms with Crippen LogP contribution >= 0.6 is 23.5 Å². The normalized spacial score (nSPS) is 27.1. The van der Waals surface area contributed by atoms with Gasteiger partial charge in [0.15, 0.2) is 0 Å². The quantitative estimate of drug-likeness (QED) is 0.618. The largest absolute Gasteiger partial charge is 0.490 e. The van der Waals surface area contributed by atoms with Gasteiger partial charge >= 0.3 is 12.1 Å². The van der Waals surface area contributed by atoms with Crippen molar-refractivity contribution in [2.75, 3.05) is 60.8 Å². The fourth-order valence-corrected chi connectivity index (χ4v) is 6.81. The number of rotatable bonds is 6. The maximum atomic E-state index is 10.6. The average Bonchev–Trinajstić information content (AvgIpc) is 3.44. The zero-order chi connectivity index (χ0) is 23.3. The van der Waals surface area contributed by atoms with Gasteiger partial charge in [0.1, 0.15) is 17.5 Å². The van der Waals surface area contributed by atoms with Crippen LogP contribution in [0.2, 0.25) is 0 Å². The van der Waals surface area contributed by atoms with E-state index in [1.165, 1.54) is 23.7 Å². The highest BCUT2D eigenvalue weighted by Gasteiger charge is 2.52. The fourth-order valence-electron chi connectivity index (χ4n) is 4.20. The summed E-state index contributed by atoms with van der Waals surface area (Å²) in [5.41, 5.74) is 0. The van der Waals surface area contributed by atoms with E-state index >= 15 is 0 Å². The molecule has 0 bridgehead atoms. The first-order chi connectivity index (χ1) is 15.2. The Morgan fingerprint density at radius 2 is 2.09 bits per heavy atom. The minimum atomic E-state index is -5.08. The van der Waals surface area contributed by atoms with Gasteiger partial charge in [0.25, 0.3) is 0 Å². The summed E-state index contributed by atoms with van der Waals surface area (Å²) >= 11 is 4.14. The number of methoxy groups -OCH3 is 1. The van der Waals surface area contributed by atoms with Gasteiger partial charge in [-0.15, -0.1) is 0 Å². The maximum Gasteiger partial charge on any atom is 0.490 e. The highest BCUT2D eigenvalue weighted by atomic mass is 32.2. The van der Waals surface area contributed by atoms with E-state index in [9.17, 15) is 13.2 Å².